The smallest absolute Gasteiger partial charge is 0.272 e. The van der Waals surface area contributed by atoms with Crippen LogP contribution in [0, 0.1) is 0 Å². The van der Waals surface area contributed by atoms with Crippen molar-refractivity contribution in [2.45, 2.75) is 25.4 Å². The van der Waals surface area contributed by atoms with Crippen LogP contribution in [0.2, 0.25) is 0 Å². The van der Waals surface area contributed by atoms with Gasteiger partial charge in [0.15, 0.2) is 0 Å². The summed E-state index contributed by atoms with van der Waals surface area (Å²) in [6, 6.07) is 13.4. The van der Waals surface area contributed by atoms with Crippen molar-refractivity contribution in [1.29, 1.82) is 0 Å². The molecule has 102 valence electrons. The van der Waals surface area contributed by atoms with E-state index in [1.165, 1.54) is 0 Å². The number of anilines is 1. The third-order valence-electron chi connectivity index (χ3n) is 3.53. The largest absolute Gasteiger partial charge is 0.398 e. The number of rotatable bonds is 4. The summed E-state index contributed by atoms with van der Waals surface area (Å²) in [5.74, 6) is -0.0173. The number of benzene rings is 1. The molecule has 1 aromatic carbocycles. The summed E-state index contributed by atoms with van der Waals surface area (Å²) in [4.78, 5) is 18.6. The fourth-order valence-electron chi connectivity index (χ4n) is 2.25. The van der Waals surface area contributed by atoms with Gasteiger partial charge in [-0.05, 0) is 36.6 Å². The molecule has 1 aliphatic carbocycles. The molecule has 1 heterocycles. The molecule has 0 unspecified atom stereocenters. The number of aromatic nitrogens is 1. The van der Waals surface area contributed by atoms with Crippen molar-refractivity contribution in [3.63, 3.8) is 0 Å². The minimum Gasteiger partial charge on any atom is -0.398 e. The lowest BCUT2D eigenvalue weighted by atomic mass is 10.1. The first-order chi connectivity index (χ1) is 9.75. The average molecular weight is 267 g/mol. The standard InChI is InChI=1S/C16H17N3O/c17-14-6-2-1-5-12(14)11-19(13-8-9-13)16(20)15-7-3-4-10-18-15/h1-7,10,13H,8-9,11,17H2. The third-order valence-corrected chi connectivity index (χ3v) is 3.53. The highest BCUT2D eigenvalue weighted by Gasteiger charge is 2.33. The molecule has 0 spiro atoms. The number of nitrogen functional groups attached to an aromatic ring is 1. The first kappa shape index (κ1) is 12.7. The zero-order chi connectivity index (χ0) is 13.9. The summed E-state index contributed by atoms with van der Waals surface area (Å²) < 4.78 is 0. The van der Waals surface area contributed by atoms with Gasteiger partial charge in [-0.2, -0.15) is 0 Å². The molecule has 0 bridgehead atoms. The second-order valence-corrected chi connectivity index (χ2v) is 5.08. The molecule has 0 saturated heterocycles. The number of carbonyl (C=O) groups is 1. The molecule has 4 nitrogen and oxygen atoms in total. The van der Waals surface area contributed by atoms with Gasteiger partial charge in [0.25, 0.3) is 5.91 Å². The molecule has 20 heavy (non-hydrogen) atoms. The van der Waals surface area contributed by atoms with Gasteiger partial charge in [0.1, 0.15) is 5.69 Å². The van der Waals surface area contributed by atoms with Crippen LogP contribution in [-0.2, 0) is 6.54 Å². The Morgan fingerprint density at radius 1 is 1.20 bits per heavy atom. The normalized spacial score (nSPS) is 14.0. The number of hydrogen-bond acceptors (Lipinski definition) is 3. The number of para-hydroxylation sites is 1. The number of amides is 1. The maximum Gasteiger partial charge on any atom is 0.272 e. The van der Waals surface area contributed by atoms with Gasteiger partial charge >= 0.3 is 0 Å². The Balaban J connectivity index is 1.83. The molecule has 1 aliphatic rings. The zero-order valence-electron chi connectivity index (χ0n) is 11.2. The van der Waals surface area contributed by atoms with E-state index in [0.717, 1.165) is 24.1 Å². The lowest BCUT2D eigenvalue weighted by molar-refractivity contribution is 0.0724. The predicted octanol–water partition coefficient (Wildman–Crippen LogP) is 2.47. The zero-order valence-corrected chi connectivity index (χ0v) is 11.2. The Labute approximate surface area is 118 Å². The molecule has 0 atom stereocenters. The summed E-state index contributed by atoms with van der Waals surface area (Å²) >= 11 is 0. The van der Waals surface area contributed by atoms with Crippen molar-refractivity contribution in [1.82, 2.24) is 9.88 Å². The summed E-state index contributed by atoms with van der Waals surface area (Å²) in [5, 5.41) is 0. The van der Waals surface area contributed by atoms with Crippen molar-refractivity contribution in [3.8, 4) is 0 Å². The first-order valence-electron chi connectivity index (χ1n) is 6.81. The van der Waals surface area contributed by atoms with Crippen LogP contribution >= 0.6 is 0 Å². The van der Waals surface area contributed by atoms with Gasteiger partial charge < -0.3 is 10.6 Å². The van der Waals surface area contributed by atoms with Crippen LogP contribution in [0.15, 0.2) is 48.7 Å². The van der Waals surface area contributed by atoms with E-state index >= 15 is 0 Å². The predicted molar refractivity (Wildman–Crippen MR) is 78.0 cm³/mol. The topological polar surface area (TPSA) is 59.2 Å². The molecule has 1 amide bonds. The number of carbonyl (C=O) groups excluding carboxylic acids is 1. The number of pyridine rings is 1. The molecule has 1 saturated carbocycles. The highest BCUT2D eigenvalue weighted by Crippen LogP contribution is 2.30. The van der Waals surface area contributed by atoms with Crippen LogP contribution < -0.4 is 5.73 Å². The molecule has 0 aliphatic heterocycles. The fraction of sp³-hybridized carbons (Fsp3) is 0.250. The molecule has 2 aromatic rings. The second kappa shape index (κ2) is 5.33. The van der Waals surface area contributed by atoms with Gasteiger partial charge in [0.05, 0.1) is 0 Å². The summed E-state index contributed by atoms with van der Waals surface area (Å²) in [7, 11) is 0. The molecular formula is C16H17N3O. The van der Waals surface area contributed by atoms with Crippen molar-refractivity contribution < 1.29 is 4.79 Å². The van der Waals surface area contributed by atoms with Crippen molar-refractivity contribution in [2.24, 2.45) is 0 Å². The van der Waals surface area contributed by atoms with E-state index in [2.05, 4.69) is 4.98 Å². The van der Waals surface area contributed by atoms with Crippen LogP contribution in [0.5, 0.6) is 0 Å². The highest BCUT2D eigenvalue weighted by molar-refractivity contribution is 5.92. The van der Waals surface area contributed by atoms with Crippen molar-refractivity contribution in [2.75, 3.05) is 5.73 Å². The SMILES string of the molecule is Nc1ccccc1CN(C(=O)c1ccccn1)C1CC1. The van der Waals surface area contributed by atoms with E-state index in [1.807, 2.05) is 41.3 Å². The fourth-order valence-corrected chi connectivity index (χ4v) is 2.25. The van der Waals surface area contributed by atoms with E-state index in [0.29, 0.717) is 18.3 Å². The Morgan fingerprint density at radius 3 is 2.60 bits per heavy atom. The number of nitrogens with two attached hydrogens (primary N) is 1. The van der Waals surface area contributed by atoms with E-state index in [-0.39, 0.29) is 5.91 Å². The highest BCUT2D eigenvalue weighted by atomic mass is 16.2. The summed E-state index contributed by atoms with van der Waals surface area (Å²) in [6.07, 6.45) is 3.77. The summed E-state index contributed by atoms with van der Waals surface area (Å²) in [5.41, 5.74) is 8.19. The van der Waals surface area contributed by atoms with Crippen LogP contribution in [0.4, 0.5) is 5.69 Å². The maximum atomic E-state index is 12.6. The molecule has 3 rings (SSSR count). The van der Waals surface area contributed by atoms with Crippen molar-refractivity contribution in [3.05, 3.63) is 59.9 Å². The molecule has 1 fully saturated rings. The number of hydrogen-bond donors (Lipinski definition) is 1. The Hall–Kier alpha value is -2.36. The van der Waals surface area contributed by atoms with E-state index in [4.69, 9.17) is 5.73 Å². The molecule has 1 aromatic heterocycles. The van der Waals surface area contributed by atoms with Gasteiger partial charge in [-0.15, -0.1) is 0 Å². The van der Waals surface area contributed by atoms with E-state index < -0.39 is 0 Å². The van der Waals surface area contributed by atoms with Crippen LogP contribution in [0.3, 0.4) is 0 Å². The lowest BCUT2D eigenvalue weighted by Crippen LogP contribution is -2.33. The van der Waals surface area contributed by atoms with Gasteiger partial charge in [-0.1, -0.05) is 24.3 Å². The van der Waals surface area contributed by atoms with Crippen LogP contribution in [0.25, 0.3) is 0 Å². The molecule has 2 N–H and O–H groups in total. The minimum absolute atomic E-state index is 0.0173. The lowest BCUT2D eigenvalue weighted by Gasteiger charge is -2.22. The second-order valence-electron chi connectivity index (χ2n) is 5.08. The van der Waals surface area contributed by atoms with Gasteiger partial charge in [0.2, 0.25) is 0 Å². The minimum atomic E-state index is -0.0173. The summed E-state index contributed by atoms with van der Waals surface area (Å²) in [6.45, 7) is 0.548. The van der Waals surface area contributed by atoms with Gasteiger partial charge in [-0.3, -0.25) is 9.78 Å². The third kappa shape index (κ3) is 2.64. The van der Waals surface area contributed by atoms with Gasteiger partial charge in [-0.25, -0.2) is 0 Å². The average Bonchev–Trinajstić information content (AvgIpc) is 3.31. The van der Waals surface area contributed by atoms with E-state index in [1.54, 1.807) is 12.3 Å². The van der Waals surface area contributed by atoms with E-state index in [9.17, 15) is 4.79 Å². The Kier molecular flexibility index (Phi) is 3.37. The molecule has 0 radical (unpaired) electrons. The number of nitrogens with zero attached hydrogens (tertiary/aromatic N) is 2. The van der Waals surface area contributed by atoms with Crippen LogP contribution in [0.1, 0.15) is 28.9 Å². The quantitative estimate of drug-likeness (QED) is 0.866. The monoisotopic (exact) mass is 267 g/mol. The van der Waals surface area contributed by atoms with Gasteiger partial charge in [0, 0.05) is 24.5 Å². The van der Waals surface area contributed by atoms with Crippen LogP contribution in [-0.4, -0.2) is 21.8 Å². The van der Waals surface area contributed by atoms with Crippen molar-refractivity contribution >= 4 is 11.6 Å². The maximum absolute atomic E-state index is 12.6. The Bertz CT molecular complexity index is 608. The Morgan fingerprint density at radius 2 is 1.95 bits per heavy atom. The molecule has 4 heteroatoms. The first-order valence-corrected chi connectivity index (χ1v) is 6.81. The molecular weight excluding hydrogens is 250 g/mol.